The zero-order valence-corrected chi connectivity index (χ0v) is 18.3. The molecular weight excluding hydrogens is 386 g/mol. The first-order chi connectivity index (χ1) is 14.0. The summed E-state index contributed by atoms with van der Waals surface area (Å²) in [7, 11) is 4.92. The summed E-state index contributed by atoms with van der Waals surface area (Å²) >= 11 is 5.60. The molecule has 0 unspecified atom stereocenters. The molecule has 0 aromatic heterocycles. The van der Waals surface area contributed by atoms with E-state index in [9.17, 15) is 0 Å². The largest absolute Gasteiger partial charge is 0.493 e. The average Bonchev–Trinajstić information content (AvgIpc) is 2.75. The number of benzene rings is 2. The number of piperazine rings is 1. The van der Waals surface area contributed by atoms with Crippen LogP contribution in [0, 0.1) is 6.92 Å². The van der Waals surface area contributed by atoms with E-state index in [1.807, 2.05) is 12.1 Å². The van der Waals surface area contributed by atoms with Crippen molar-refractivity contribution in [3.63, 3.8) is 0 Å². The Labute approximate surface area is 178 Å². The molecule has 2 aromatic carbocycles. The zero-order chi connectivity index (χ0) is 20.8. The molecule has 1 fully saturated rings. The van der Waals surface area contributed by atoms with Crippen LogP contribution in [0.3, 0.4) is 0 Å². The van der Waals surface area contributed by atoms with E-state index in [0.717, 1.165) is 54.8 Å². The molecule has 7 heteroatoms. The van der Waals surface area contributed by atoms with E-state index in [-0.39, 0.29) is 0 Å². The summed E-state index contributed by atoms with van der Waals surface area (Å²) in [6, 6.07) is 12.2. The first-order valence-electron chi connectivity index (χ1n) is 9.68. The van der Waals surface area contributed by atoms with E-state index in [0.29, 0.717) is 11.5 Å². The molecule has 2 aromatic rings. The summed E-state index contributed by atoms with van der Waals surface area (Å²) in [5.74, 6) is 2.03. The highest BCUT2D eigenvalue weighted by Gasteiger charge is 2.22. The van der Waals surface area contributed by atoms with Gasteiger partial charge in [-0.15, -0.1) is 0 Å². The van der Waals surface area contributed by atoms with Gasteiger partial charge in [0.25, 0.3) is 0 Å². The van der Waals surface area contributed by atoms with Crippen LogP contribution in [0.4, 0.5) is 5.69 Å². The Morgan fingerprint density at radius 3 is 2.14 bits per heavy atom. The van der Waals surface area contributed by atoms with Gasteiger partial charge in [0.05, 0.1) is 21.3 Å². The van der Waals surface area contributed by atoms with Crippen molar-refractivity contribution in [3.8, 4) is 17.2 Å². The van der Waals surface area contributed by atoms with Crippen molar-refractivity contribution >= 4 is 23.0 Å². The number of ether oxygens (including phenoxy) is 3. The fourth-order valence-electron chi connectivity index (χ4n) is 3.48. The highest BCUT2D eigenvalue weighted by Crippen LogP contribution is 2.40. The minimum absolute atomic E-state index is 0.634. The van der Waals surface area contributed by atoms with Crippen LogP contribution in [-0.4, -0.2) is 62.4 Å². The number of thiocarbonyl (C=S) groups is 1. The second-order valence-corrected chi connectivity index (χ2v) is 7.44. The van der Waals surface area contributed by atoms with Gasteiger partial charge in [0.15, 0.2) is 16.6 Å². The number of anilines is 1. The highest BCUT2D eigenvalue weighted by atomic mass is 32.1. The number of aryl methyl sites for hydroxylation is 1. The summed E-state index contributed by atoms with van der Waals surface area (Å²) in [6.45, 7) is 6.48. The third-order valence-electron chi connectivity index (χ3n) is 5.14. The second kappa shape index (κ2) is 9.80. The van der Waals surface area contributed by atoms with Crippen LogP contribution >= 0.6 is 12.2 Å². The number of rotatable bonds is 6. The van der Waals surface area contributed by atoms with E-state index in [4.69, 9.17) is 26.4 Å². The SMILES string of the molecule is COc1ccc(CN2CCN(C(=S)Nc3ccc(C)cc3)CC2)c(OC)c1OC. The predicted molar refractivity (Wildman–Crippen MR) is 120 cm³/mol. The van der Waals surface area contributed by atoms with Gasteiger partial charge >= 0.3 is 0 Å². The van der Waals surface area contributed by atoms with E-state index >= 15 is 0 Å². The van der Waals surface area contributed by atoms with Gasteiger partial charge in [-0.05, 0) is 37.3 Å². The summed E-state index contributed by atoms with van der Waals surface area (Å²) < 4.78 is 16.5. The number of hydrogen-bond acceptors (Lipinski definition) is 5. The maximum absolute atomic E-state index is 5.61. The number of hydrogen-bond donors (Lipinski definition) is 1. The van der Waals surface area contributed by atoms with Crippen molar-refractivity contribution in [2.45, 2.75) is 13.5 Å². The van der Waals surface area contributed by atoms with Gasteiger partial charge in [-0.1, -0.05) is 23.8 Å². The van der Waals surface area contributed by atoms with E-state index < -0.39 is 0 Å². The lowest BCUT2D eigenvalue weighted by Crippen LogP contribution is -2.49. The fourth-order valence-corrected chi connectivity index (χ4v) is 3.78. The van der Waals surface area contributed by atoms with E-state index in [2.05, 4.69) is 46.3 Å². The summed E-state index contributed by atoms with van der Waals surface area (Å²) in [5, 5.41) is 4.11. The molecule has 1 saturated heterocycles. The lowest BCUT2D eigenvalue weighted by molar-refractivity contribution is 0.175. The first kappa shape index (κ1) is 21.2. The lowest BCUT2D eigenvalue weighted by Gasteiger charge is -2.36. The van der Waals surface area contributed by atoms with Crippen molar-refractivity contribution < 1.29 is 14.2 Å². The Balaban J connectivity index is 1.58. The van der Waals surface area contributed by atoms with Crippen LogP contribution in [0.5, 0.6) is 17.2 Å². The molecule has 1 heterocycles. The van der Waals surface area contributed by atoms with Crippen molar-refractivity contribution in [1.29, 1.82) is 0 Å². The molecule has 3 rings (SSSR count). The standard InChI is InChI=1S/C22H29N3O3S/c1-16-5-8-18(9-6-16)23-22(29)25-13-11-24(12-14-25)15-17-7-10-19(26-2)21(28-4)20(17)27-3/h5-10H,11-15H2,1-4H3,(H,23,29). The normalized spacial score (nSPS) is 14.4. The van der Waals surface area contributed by atoms with Crippen LogP contribution < -0.4 is 19.5 Å². The Bertz CT molecular complexity index is 834. The minimum Gasteiger partial charge on any atom is -0.493 e. The van der Waals surface area contributed by atoms with Gasteiger partial charge < -0.3 is 24.4 Å². The minimum atomic E-state index is 0.634. The van der Waals surface area contributed by atoms with Gasteiger partial charge in [0, 0.05) is 44.0 Å². The van der Waals surface area contributed by atoms with Crippen molar-refractivity contribution in [3.05, 3.63) is 47.5 Å². The number of nitrogens with one attached hydrogen (secondary N) is 1. The highest BCUT2D eigenvalue weighted by molar-refractivity contribution is 7.80. The van der Waals surface area contributed by atoms with Crippen LogP contribution in [0.25, 0.3) is 0 Å². The molecule has 1 N–H and O–H groups in total. The van der Waals surface area contributed by atoms with E-state index in [1.165, 1.54) is 5.56 Å². The maximum atomic E-state index is 5.61. The second-order valence-electron chi connectivity index (χ2n) is 7.05. The third-order valence-corrected chi connectivity index (χ3v) is 5.50. The summed E-state index contributed by atoms with van der Waals surface area (Å²) in [6.07, 6.45) is 0. The Morgan fingerprint density at radius 1 is 0.897 bits per heavy atom. The molecule has 0 aliphatic carbocycles. The molecule has 0 bridgehead atoms. The predicted octanol–water partition coefficient (Wildman–Crippen LogP) is 3.54. The van der Waals surface area contributed by atoms with Gasteiger partial charge in [0.2, 0.25) is 5.75 Å². The third kappa shape index (κ3) is 5.10. The number of nitrogens with zero attached hydrogens (tertiary/aromatic N) is 2. The van der Waals surface area contributed by atoms with Crippen molar-refractivity contribution in [2.75, 3.05) is 52.8 Å². The molecule has 0 saturated carbocycles. The molecule has 0 radical (unpaired) electrons. The number of methoxy groups -OCH3 is 3. The average molecular weight is 416 g/mol. The fraction of sp³-hybridized carbons (Fsp3) is 0.409. The molecular formula is C22H29N3O3S. The summed E-state index contributed by atoms with van der Waals surface area (Å²) in [5.41, 5.74) is 3.35. The summed E-state index contributed by atoms with van der Waals surface area (Å²) in [4.78, 5) is 4.62. The zero-order valence-electron chi connectivity index (χ0n) is 17.5. The van der Waals surface area contributed by atoms with Gasteiger partial charge in [-0.3, -0.25) is 4.90 Å². The Hall–Kier alpha value is -2.51. The van der Waals surface area contributed by atoms with E-state index in [1.54, 1.807) is 21.3 Å². The van der Waals surface area contributed by atoms with Crippen LogP contribution in [0.15, 0.2) is 36.4 Å². The van der Waals surface area contributed by atoms with Crippen molar-refractivity contribution in [1.82, 2.24) is 9.80 Å². The van der Waals surface area contributed by atoms with Crippen molar-refractivity contribution in [2.24, 2.45) is 0 Å². The Morgan fingerprint density at radius 2 is 1.55 bits per heavy atom. The molecule has 156 valence electrons. The molecule has 0 atom stereocenters. The van der Waals surface area contributed by atoms with Gasteiger partial charge in [-0.25, -0.2) is 0 Å². The molecule has 0 amide bonds. The molecule has 1 aliphatic heterocycles. The van der Waals surface area contributed by atoms with Crippen LogP contribution in [0.2, 0.25) is 0 Å². The smallest absolute Gasteiger partial charge is 0.203 e. The molecule has 0 spiro atoms. The lowest BCUT2D eigenvalue weighted by atomic mass is 10.1. The topological polar surface area (TPSA) is 46.2 Å². The quantitative estimate of drug-likeness (QED) is 0.724. The van der Waals surface area contributed by atoms with Crippen LogP contribution in [-0.2, 0) is 6.54 Å². The monoisotopic (exact) mass is 415 g/mol. The maximum Gasteiger partial charge on any atom is 0.203 e. The Kier molecular flexibility index (Phi) is 7.17. The van der Waals surface area contributed by atoms with Crippen LogP contribution in [0.1, 0.15) is 11.1 Å². The first-order valence-corrected chi connectivity index (χ1v) is 10.1. The molecule has 6 nitrogen and oxygen atoms in total. The van der Waals surface area contributed by atoms with Gasteiger partial charge in [-0.2, -0.15) is 0 Å². The molecule has 1 aliphatic rings. The molecule has 29 heavy (non-hydrogen) atoms. The van der Waals surface area contributed by atoms with Gasteiger partial charge in [0.1, 0.15) is 0 Å².